The molecule has 0 amide bonds. The Morgan fingerprint density at radius 1 is 1.06 bits per heavy atom. The van der Waals surface area contributed by atoms with Crippen LogP contribution in [0.15, 0.2) is 53.9 Å². The summed E-state index contributed by atoms with van der Waals surface area (Å²) in [5.74, 6) is 0.108. The van der Waals surface area contributed by atoms with Gasteiger partial charge >= 0.3 is 0 Å². The molecule has 0 fully saturated rings. The Morgan fingerprint density at radius 3 is 2.72 bits per heavy atom. The van der Waals surface area contributed by atoms with Crippen molar-refractivity contribution in [1.29, 1.82) is 0 Å². The van der Waals surface area contributed by atoms with E-state index in [4.69, 9.17) is 0 Å². The van der Waals surface area contributed by atoms with Gasteiger partial charge in [-0.15, -0.1) is 11.3 Å². The second-order valence-corrected chi connectivity index (χ2v) is 5.19. The van der Waals surface area contributed by atoms with Crippen LogP contribution in [-0.4, -0.2) is 5.78 Å². The van der Waals surface area contributed by atoms with Crippen LogP contribution in [0.2, 0.25) is 0 Å². The first-order valence-corrected chi connectivity index (χ1v) is 6.71. The highest BCUT2D eigenvalue weighted by molar-refractivity contribution is 7.17. The summed E-state index contributed by atoms with van der Waals surface area (Å²) in [7, 11) is 0. The standard InChI is InChI=1S/C16H12OS/c1-11(17)12-5-4-6-13(9-12)15-10-18-16-8-3-2-7-14(15)16/h2-10H,1H3. The van der Waals surface area contributed by atoms with E-state index in [2.05, 4.69) is 29.6 Å². The second kappa shape index (κ2) is 4.39. The molecule has 0 saturated carbocycles. The first-order chi connectivity index (χ1) is 8.75. The van der Waals surface area contributed by atoms with Crippen LogP contribution < -0.4 is 0 Å². The van der Waals surface area contributed by atoms with Gasteiger partial charge in [0.25, 0.3) is 0 Å². The Balaban J connectivity index is 2.20. The molecule has 0 aliphatic rings. The highest BCUT2D eigenvalue weighted by Gasteiger charge is 2.07. The first-order valence-electron chi connectivity index (χ1n) is 5.83. The van der Waals surface area contributed by atoms with E-state index in [1.807, 2.05) is 24.3 Å². The summed E-state index contributed by atoms with van der Waals surface area (Å²) < 4.78 is 1.28. The molecule has 0 spiro atoms. The number of benzene rings is 2. The van der Waals surface area contributed by atoms with E-state index in [1.54, 1.807) is 18.3 Å². The summed E-state index contributed by atoms with van der Waals surface area (Å²) in [6.07, 6.45) is 0. The normalized spacial score (nSPS) is 10.7. The SMILES string of the molecule is CC(=O)c1cccc(-c2csc3ccccc23)c1. The topological polar surface area (TPSA) is 17.1 Å². The van der Waals surface area contributed by atoms with E-state index in [0.717, 1.165) is 11.1 Å². The Kier molecular flexibility index (Phi) is 2.73. The molecule has 0 radical (unpaired) electrons. The minimum atomic E-state index is 0.108. The molecule has 0 aliphatic heterocycles. The van der Waals surface area contributed by atoms with Gasteiger partial charge in [-0.25, -0.2) is 0 Å². The maximum Gasteiger partial charge on any atom is 0.159 e. The average molecular weight is 252 g/mol. The Morgan fingerprint density at radius 2 is 1.89 bits per heavy atom. The van der Waals surface area contributed by atoms with Gasteiger partial charge in [0.1, 0.15) is 0 Å². The van der Waals surface area contributed by atoms with Crippen molar-refractivity contribution in [2.75, 3.05) is 0 Å². The maximum atomic E-state index is 11.4. The van der Waals surface area contributed by atoms with E-state index in [-0.39, 0.29) is 5.78 Å². The molecule has 2 heteroatoms. The molecule has 2 aromatic carbocycles. The molecule has 3 rings (SSSR count). The van der Waals surface area contributed by atoms with E-state index < -0.39 is 0 Å². The van der Waals surface area contributed by atoms with Gasteiger partial charge in [-0.2, -0.15) is 0 Å². The van der Waals surface area contributed by atoms with Gasteiger partial charge in [-0.1, -0.05) is 36.4 Å². The number of carbonyl (C=O) groups excluding carboxylic acids is 1. The number of hydrogen-bond donors (Lipinski definition) is 0. The number of thiophene rings is 1. The van der Waals surface area contributed by atoms with Crippen LogP contribution in [0.4, 0.5) is 0 Å². The van der Waals surface area contributed by atoms with Crippen LogP contribution in [0, 0.1) is 0 Å². The number of rotatable bonds is 2. The highest BCUT2D eigenvalue weighted by Crippen LogP contribution is 2.33. The lowest BCUT2D eigenvalue weighted by Gasteiger charge is -2.02. The van der Waals surface area contributed by atoms with Gasteiger partial charge in [-0.05, 0) is 30.0 Å². The number of fused-ring (bicyclic) bond motifs is 1. The monoisotopic (exact) mass is 252 g/mol. The molecule has 0 aliphatic carbocycles. The van der Waals surface area contributed by atoms with Crippen LogP contribution >= 0.6 is 11.3 Å². The molecule has 0 N–H and O–H groups in total. The number of carbonyl (C=O) groups is 1. The summed E-state index contributed by atoms with van der Waals surface area (Å²) in [6.45, 7) is 1.60. The number of Topliss-reactive ketones (excluding diaryl/α,β-unsaturated/α-hetero) is 1. The Labute approximate surface area is 110 Å². The fraction of sp³-hybridized carbons (Fsp3) is 0.0625. The van der Waals surface area contributed by atoms with Crippen LogP contribution in [-0.2, 0) is 0 Å². The molecule has 0 atom stereocenters. The zero-order chi connectivity index (χ0) is 12.5. The van der Waals surface area contributed by atoms with Crippen LogP contribution in [0.1, 0.15) is 17.3 Å². The lowest BCUT2D eigenvalue weighted by Crippen LogP contribution is -1.91. The van der Waals surface area contributed by atoms with Crippen LogP contribution in [0.25, 0.3) is 21.2 Å². The average Bonchev–Trinajstić information content (AvgIpc) is 2.82. The van der Waals surface area contributed by atoms with Gasteiger partial charge in [0.05, 0.1) is 0 Å². The highest BCUT2D eigenvalue weighted by atomic mass is 32.1. The summed E-state index contributed by atoms with van der Waals surface area (Å²) >= 11 is 1.74. The molecular formula is C16H12OS. The molecule has 0 unspecified atom stereocenters. The maximum absolute atomic E-state index is 11.4. The van der Waals surface area contributed by atoms with Crippen molar-refractivity contribution in [2.24, 2.45) is 0 Å². The summed E-state index contributed by atoms with van der Waals surface area (Å²) in [5.41, 5.74) is 3.08. The predicted octanol–water partition coefficient (Wildman–Crippen LogP) is 4.77. The lowest BCUT2D eigenvalue weighted by atomic mass is 10.0. The largest absolute Gasteiger partial charge is 0.295 e. The fourth-order valence-corrected chi connectivity index (χ4v) is 3.08. The van der Waals surface area contributed by atoms with Crippen molar-refractivity contribution >= 4 is 27.2 Å². The van der Waals surface area contributed by atoms with Crippen molar-refractivity contribution in [3.8, 4) is 11.1 Å². The third kappa shape index (κ3) is 1.85. The van der Waals surface area contributed by atoms with Crippen molar-refractivity contribution < 1.29 is 4.79 Å². The Hall–Kier alpha value is -1.93. The van der Waals surface area contributed by atoms with Crippen molar-refractivity contribution in [2.45, 2.75) is 6.92 Å². The summed E-state index contributed by atoms with van der Waals surface area (Å²) in [6, 6.07) is 16.2. The zero-order valence-corrected chi connectivity index (χ0v) is 10.8. The first kappa shape index (κ1) is 11.2. The van der Waals surface area contributed by atoms with E-state index >= 15 is 0 Å². The van der Waals surface area contributed by atoms with Crippen molar-refractivity contribution in [3.63, 3.8) is 0 Å². The summed E-state index contributed by atoms with van der Waals surface area (Å²) in [5, 5.41) is 3.41. The lowest BCUT2D eigenvalue weighted by molar-refractivity contribution is 0.101. The summed E-state index contributed by atoms with van der Waals surface area (Å²) in [4.78, 5) is 11.4. The van der Waals surface area contributed by atoms with Gasteiger partial charge in [0, 0.05) is 21.2 Å². The van der Waals surface area contributed by atoms with Crippen LogP contribution in [0.3, 0.4) is 0 Å². The molecule has 1 nitrogen and oxygen atoms in total. The van der Waals surface area contributed by atoms with Gasteiger partial charge in [0.2, 0.25) is 0 Å². The van der Waals surface area contributed by atoms with Gasteiger partial charge in [-0.3, -0.25) is 4.79 Å². The quantitative estimate of drug-likeness (QED) is 0.600. The molecule has 1 aromatic heterocycles. The second-order valence-electron chi connectivity index (χ2n) is 4.28. The molecular weight excluding hydrogens is 240 g/mol. The molecule has 0 bridgehead atoms. The van der Waals surface area contributed by atoms with Crippen LogP contribution in [0.5, 0.6) is 0 Å². The molecule has 88 valence electrons. The molecule has 18 heavy (non-hydrogen) atoms. The predicted molar refractivity (Wildman–Crippen MR) is 77.3 cm³/mol. The zero-order valence-electron chi connectivity index (χ0n) is 10.0. The molecule has 3 aromatic rings. The van der Waals surface area contributed by atoms with Crippen molar-refractivity contribution in [1.82, 2.24) is 0 Å². The molecule has 0 saturated heterocycles. The smallest absolute Gasteiger partial charge is 0.159 e. The van der Waals surface area contributed by atoms with E-state index in [0.29, 0.717) is 0 Å². The number of ketones is 1. The third-order valence-electron chi connectivity index (χ3n) is 3.06. The third-order valence-corrected chi connectivity index (χ3v) is 4.02. The molecule has 1 heterocycles. The minimum absolute atomic E-state index is 0.108. The van der Waals surface area contributed by atoms with E-state index in [1.165, 1.54) is 15.6 Å². The van der Waals surface area contributed by atoms with Gasteiger partial charge in [0.15, 0.2) is 5.78 Å². The fourth-order valence-electron chi connectivity index (χ4n) is 2.11. The van der Waals surface area contributed by atoms with Crippen molar-refractivity contribution in [3.05, 3.63) is 59.5 Å². The number of hydrogen-bond acceptors (Lipinski definition) is 2. The van der Waals surface area contributed by atoms with E-state index in [9.17, 15) is 4.79 Å². The van der Waals surface area contributed by atoms with Gasteiger partial charge < -0.3 is 0 Å². The Bertz CT molecular complexity index is 725. The minimum Gasteiger partial charge on any atom is -0.295 e.